The Bertz CT molecular complexity index is 888. The fraction of sp³-hybridized carbons (Fsp3) is 0.440. The normalized spacial score (nSPS) is 18.5. The Kier molecular flexibility index (Phi) is 10.9. The fourth-order valence-electron chi connectivity index (χ4n) is 3.95. The number of anilines is 1. The molecule has 2 aromatic carbocycles. The van der Waals surface area contributed by atoms with Gasteiger partial charge in [0.1, 0.15) is 0 Å². The minimum atomic E-state index is -0.192. The maximum Gasteiger partial charge on any atom is 0.319 e. The maximum atomic E-state index is 11.8. The van der Waals surface area contributed by atoms with E-state index in [1.54, 1.807) is 7.05 Å². The van der Waals surface area contributed by atoms with Gasteiger partial charge in [0.2, 0.25) is 0 Å². The standard InChI is InChI=1S/C25H36N6O.HI/c1-18(2)28-25(32)30-22-12-10-20(11-13-22)15-27-24(26-4)29-23-14-19(3)31(17-23)16-21-8-6-5-7-9-21;/h5-13,18-19,23H,14-17H2,1-4H3,(H2,26,27,29)(H2,28,30,32);1H. The van der Waals surface area contributed by atoms with Crippen LogP contribution >= 0.6 is 24.0 Å². The Labute approximate surface area is 214 Å². The summed E-state index contributed by atoms with van der Waals surface area (Å²) in [4.78, 5) is 18.7. The number of guanidine groups is 1. The van der Waals surface area contributed by atoms with Gasteiger partial charge in [0, 0.05) is 50.5 Å². The molecule has 0 radical (unpaired) electrons. The number of carbonyl (C=O) groups excluding carboxylic acids is 1. The van der Waals surface area contributed by atoms with E-state index in [0.717, 1.165) is 36.7 Å². The Hall–Kier alpha value is -2.33. The molecule has 1 aliphatic heterocycles. The third kappa shape index (κ3) is 8.85. The van der Waals surface area contributed by atoms with Crippen LogP contribution in [-0.4, -0.2) is 48.6 Å². The van der Waals surface area contributed by atoms with E-state index in [2.05, 4.69) is 68.4 Å². The second kappa shape index (κ2) is 13.4. The first-order chi connectivity index (χ1) is 15.4. The number of aliphatic imine (C=N–C) groups is 1. The van der Waals surface area contributed by atoms with Gasteiger partial charge in [-0.1, -0.05) is 42.5 Å². The number of benzene rings is 2. The molecule has 1 saturated heterocycles. The predicted octanol–water partition coefficient (Wildman–Crippen LogP) is 4.16. The van der Waals surface area contributed by atoms with E-state index in [4.69, 9.17) is 0 Å². The van der Waals surface area contributed by atoms with Gasteiger partial charge in [0.25, 0.3) is 0 Å². The lowest BCUT2D eigenvalue weighted by molar-refractivity contribution is 0.250. The summed E-state index contributed by atoms with van der Waals surface area (Å²) in [5, 5.41) is 12.6. The van der Waals surface area contributed by atoms with Crippen LogP contribution in [0.15, 0.2) is 59.6 Å². The molecule has 4 N–H and O–H groups in total. The molecule has 33 heavy (non-hydrogen) atoms. The molecule has 1 heterocycles. The van der Waals surface area contributed by atoms with Crippen LogP contribution in [0.2, 0.25) is 0 Å². The average Bonchev–Trinajstić information content (AvgIpc) is 3.10. The third-order valence-corrected chi connectivity index (χ3v) is 5.59. The first kappa shape index (κ1) is 26.9. The van der Waals surface area contributed by atoms with Gasteiger partial charge in [-0.2, -0.15) is 0 Å². The van der Waals surface area contributed by atoms with Crippen molar-refractivity contribution in [3.8, 4) is 0 Å². The second-order valence-corrected chi connectivity index (χ2v) is 8.72. The van der Waals surface area contributed by atoms with Crippen LogP contribution in [-0.2, 0) is 13.1 Å². The van der Waals surface area contributed by atoms with E-state index in [1.165, 1.54) is 5.56 Å². The highest BCUT2D eigenvalue weighted by Gasteiger charge is 2.29. The number of nitrogens with zero attached hydrogens (tertiary/aromatic N) is 2. The van der Waals surface area contributed by atoms with Gasteiger partial charge < -0.3 is 21.3 Å². The summed E-state index contributed by atoms with van der Waals surface area (Å²) in [5.74, 6) is 0.808. The van der Waals surface area contributed by atoms with Crippen molar-refractivity contribution in [3.63, 3.8) is 0 Å². The van der Waals surface area contributed by atoms with Crippen molar-refractivity contribution in [1.29, 1.82) is 0 Å². The van der Waals surface area contributed by atoms with Crippen molar-refractivity contribution in [2.75, 3.05) is 18.9 Å². The highest BCUT2D eigenvalue weighted by atomic mass is 127. The van der Waals surface area contributed by atoms with Gasteiger partial charge in [-0.25, -0.2) is 4.79 Å². The molecule has 2 aromatic rings. The fourth-order valence-corrected chi connectivity index (χ4v) is 3.95. The monoisotopic (exact) mass is 564 g/mol. The molecule has 8 heteroatoms. The molecule has 1 aliphatic rings. The van der Waals surface area contributed by atoms with Crippen molar-refractivity contribution in [2.24, 2.45) is 4.99 Å². The quantitative estimate of drug-likeness (QED) is 0.231. The summed E-state index contributed by atoms with van der Waals surface area (Å²) in [6, 6.07) is 19.3. The molecule has 1 fully saturated rings. The van der Waals surface area contributed by atoms with Crippen LogP contribution < -0.4 is 21.3 Å². The summed E-state index contributed by atoms with van der Waals surface area (Å²) in [5.41, 5.74) is 3.24. The highest BCUT2D eigenvalue weighted by Crippen LogP contribution is 2.20. The largest absolute Gasteiger partial charge is 0.352 e. The molecule has 0 bridgehead atoms. The summed E-state index contributed by atoms with van der Waals surface area (Å²) in [7, 11) is 1.80. The number of hydrogen-bond donors (Lipinski definition) is 4. The Balaban J connectivity index is 0.00000385. The molecule has 0 aromatic heterocycles. The van der Waals surface area contributed by atoms with Gasteiger partial charge >= 0.3 is 6.03 Å². The molecule has 2 amide bonds. The minimum absolute atomic E-state index is 0. The molecule has 0 spiro atoms. The Morgan fingerprint density at radius 3 is 2.42 bits per heavy atom. The van der Waals surface area contributed by atoms with E-state index in [0.29, 0.717) is 18.6 Å². The van der Waals surface area contributed by atoms with Gasteiger partial charge in [0.15, 0.2) is 5.96 Å². The molecule has 0 saturated carbocycles. The summed E-state index contributed by atoms with van der Waals surface area (Å²) in [6.45, 7) is 8.79. The Morgan fingerprint density at radius 2 is 1.79 bits per heavy atom. The number of urea groups is 1. The topological polar surface area (TPSA) is 80.8 Å². The molecular weight excluding hydrogens is 527 g/mol. The van der Waals surface area contributed by atoms with Crippen molar-refractivity contribution < 1.29 is 4.79 Å². The van der Waals surface area contributed by atoms with E-state index in [-0.39, 0.29) is 36.0 Å². The van der Waals surface area contributed by atoms with Gasteiger partial charge in [-0.05, 0) is 50.5 Å². The van der Waals surface area contributed by atoms with Gasteiger partial charge in [-0.3, -0.25) is 9.89 Å². The average molecular weight is 565 g/mol. The predicted molar refractivity (Wildman–Crippen MR) is 147 cm³/mol. The molecular formula is C25H37IN6O. The summed E-state index contributed by atoms with van der Waals surface area (Å²) in [6.07, 6.45) is 1.09. The molecule has 2 atom stereocenters. The van der Waals surface area contributed by atoms with Crippen molar-refractivity contribution in [3.05, 3.63) is 65.7 Å². The van der Waals surface area contributed by atoms with Gasteiger partial charge in [0.05, 0.1) is 0 Å². The lowest BCUT2D eigenvalue weighted by Gasteiger charge is -2.21. The Morgan fingerprint density at radius 1 is 1.09 bits per heavy atom. The van der Waals surface area contributed by atoms with Crippen molar-refractivity contribution in [1.82, 2.24) is 20.9 Å². The maximum absolute atomic E-state index is 11.8. The molecule has 2 unspecified atom stereocenters. The third-order valence-electron chi connectivity index (χ3n) is 5.59. The van der Waals surface area contributed by atoms with E-state index >= 15 is 0 Å². The summed E-state index contributed by atoms with van der Waals surface area (Å²) >= 11 is 0. The van der Waals surface area contributed by atoms with Crippen LogP contribution in [0, 0.1) is 0 Å². The molecule has 7 nitrogen and oxygen atoms in total. The van der Waals surface area contributed by atoms with Crippen molar-refractivity contribution >= 4 is 41.7 Å². The SMILES string of the molecule is CN=C(NCc1ccc(NC(=O)NC(C)C)cc1)NC1CC(C)N(Cc2ccccc2)C1.I. The number of rotatable bonds is 7. The van der Waals surface area contributed by atoms with Crippen molar-refractivity contribution in [2.45, 2.75) is 58.4 Å². The van der Waals surface area contributed by atoms with Crippen LogP contribution in [0.25, 0.3) is 0 Å². The zero-order chi connectivity index (χ0) is 22.9. The van der Waals surface area contributed by atoms with Crippen LogP contribution in [0.5, 0.6) is 0 Å². The number of likely N-dealkylation sites (tertiary alicyclic amines) is 1. The van der Waals surface area contributed by atoms with E-state index in [1.807, 2.05) is 38.1 Å². The number of amides is 2. The second-order valence-electron chi connectivity index (χ2n) is 8.72. The first-order valence-electron chi connectivity index (χ1n) is 11.3. The molecule has 3 rings (SSSR count). The number of nitrogens with one attached hydrogen (secondary N) is 4. The summed E-state index contributed by atoms with van der Waals surface area (Å²) < 4.78 is 0. The lowest BCUT2D eigenvalue weighted by atomic mass is 10.2. The van der Waals surface area contributed by atoms with Crippen LogP contribution in [0.4, 0.5) is 10.5 Å². The van der Waals surface area contributed by atoms with Gasteiger partial charge in [-0.15, -0.1) is 24.0 Å². The zero-order valence-electron chi connectivity index (χ0n) is 20.0. The molecule has 0 aliphatic carbocycles. The lowest BCUT2D eigenvalue weighted by Crippen LogP contribution is -2.44. The first-order valence-corrected chi connectivity index (χ1v) is 11.3. The van der Waals surface area contributed by atoms with E-state index < -0.39 is 0 Å². The number of hydrogen-bond acceptors (Lipinski definition) is 3. The highest BCUT2D eigenvalue weighted by molar-refractivity contribution is 14.0. The van der Waals surface area contributed by atoms with Crippen LogP contribution in [0.3, 0.4) is 0 Å². The minimum Gasteiger partial charge on any atom is -0.352 e. The zero-order valence-corrected chi connectivity index (χ0v) is 22.3. The smallest absolute Gasteiger partial charge is 0.319 e. The van der Waals surface area contributed by atoms with E-state index in [9.17, 15) is 4.79 Å². The van der Waals surface area contributed by atoms with Crippen LogP contribution in [0.1, 0.15) is 38.3 Å². The number of carbonyl (C=O) groups is 1. The molecule has 180 valence electrons. The number of halogens is 1.